The Hall–Kier alpha value is -2.25. The van der Waals surface area contributed by atoms with Crippen molar-refractivity contribution < 1.29 is 17.9 Å². The number of carbonyl (C=O) groups is 1. The Kier molecular flexibility index (Phi) is 6.88. The van der Waals surface area contributed by atoms with E-state index in [4.69, 9.17) is 16.3 Å². The molecule has 0 radical (unpaired) electrons. The molecule has 0 unspecified atom stereocenters. The lowest BCUT2D eigenvalue weighted by Crippen LogP contribution is -2.31. The first kappa shape index (κ1) is 20.1. The zero-order valence-corrected chi connectivity index (χ0v) is 16.2. The third kappa shape index (κ3) is 5.64. The molecule has 8 heteroatoms. The van der Waals surface area contributed by atoms with Crippen LogP contribution in [0, 0.1) is 0 Å². The smallest absolute Gasteiger partial charge is 0.232 e. The maximum Gasteiger partial charge on any atom is 0.232 e. The molecule has 1 amide bonds. The van der Waals surface area contributed by atoms with Crippen LogP contribution in [0.4, 0.5) is 11.4 Å². The number of hydrogen-bond donors (Lipinski definition) is 1. The summed E-state index contributed by atoms with van der Waals surface area (Å²) in [6.07, 6.45) is 1.68. The minimum Gasteiger partial charge on any atom is -0.495 e. The predicted molar refractivity (Wildman–Crippen MR) is 104 cm³/mol. The van der Waals surface area contributed by atoms with Crippen molar-refractivity contribution in [3.05, 3.63) is 53.6 Å². The van der Waals surface area contributed by atoms with Gasteiger partial charge in [-0.1, -0.05) is 23.7 Å². The molecule has 2 aromatic carbocycles. The number of methoxy groups -OCH3 is 1. The molecule has 6 nitrogen and oxygen atoms in total. The molecule has 1 N–H and O–H groups in total. The van der Waals surface area contributed by atoms with Gasteiger partial charge in [-0.05, 0) is 42.8 Å². The molecular weight excluding hydrogens is 376 g/mol. The fourth-order valence-electron chi connectivity index (χ4n) is 2.44. The van der Waals surface area contributed by atoms with Gasteiger partial charge in [0.2, 0.25) is 15.9 Å². The number of nitrogens with zero attached hydrogens (tertiary/aromatic N) is 1. The Bertz CT molecular complexity index is 854. The Labute approximate surface area is 158 Å². The van der Waals surface area contributed by atoms with E-state index in [1.807, 2.05) is 0 Å². The molecule has 0 fully saturated rings. The maximum atomic E-state index is 12.2. The number of para-hydroxylation sites is 2. The second-order valence-corrected chi connectivity index (χ2v) is 8.01. The highest BCUT2D eigenvalue weighted by Gasteiger charge is 2.20. The standard InChI is InChI=1S/C18H21ClN2O4S/c1-25-17-7-4-3-6-16(17)21(26(2,23)24)13-5-8-18(22)20-15-11-9-14(19)10-12-15/h3-4,6-7,9-12H,5,8,13H2,1-2H3,(H,20,22). The van der Waals surface area contributed by atoms with Crippen LogP contribution in [0.2, 0.25) is 5.02 Å². The van der Waals surface area contributed by atoms with Crippen molar-refractivity contribution >= 4 is 38.9 Å². The summed E-state index contributed by atoms with van der Waals surface area (Å²) in [5.41, 5.74) is 1.10. The molecular formula is C18H21ClN2O4S. The van der Waals surface area contributed by atoms with Gasteiger partial charge >= 0.3 is 0 Å². The van der Waals surface area contributed by atoms with Crippen LogP contribution in [-0.4, -0.2) is 34.2 Å². The summed E-state index contributed by atoms with van der Waals surface area (Å²) in [6.45, 7) is 0.174. The van der Waals surface area contributed by atoms with Crippen LogP contribution < -0.4 is 14.4 Å². The largest absolute Gasteiger partial charge is 0.495 e. The van der Waals surface area contributed by atoms with Crippen LogP contribution in [0.1, 0.15) is 12.8 Å². The first-order chi connectivity index (χ1) is 12.3. The lowest BCUT2D eigenvalue weighted by Gasteiger charge is -2.24. The topological polar surface area (TPSA) is 75.7 Å². The molecule has 0 bridgehead atoms. The van der Waals surface area contributed by atoms with E-state index >= 15 is 0 Å². The zero-order chi connectivity index (χ0) is 19.2. The number of ether oxygens (including phenoxy) is 1. The number of benzene rings is 2. The number of sulfonamides is 1. The third-order valence-corrected chi connectivity index (χ3v) is 5.08. The van der Waals surface area contributed by atoms with E-state index in [0.29, 0.717) is 28.6 Å². The summed E-state index contributed by atoms with van der Waals surface area (Å²) < 4.78 is 30.8. The van der Waals surface area contributed by atoms with Gasteiger partial charge < -0.3 is 10.1 Å². The zero-order valence-electron chi connectivity index (χ0n) is 14.6. The van der Waals surface area contributed by atoms with Gasteiger partial charge in [-0.3, -0.25) is 9.10 Å². The first-order valence-corrected chi connectivity index (χ1v) is 10.2. The van der Waals surface area contributed by atoms with Crippen molar-refractivity contribution in [3.63, 3.8) is 0 Å². The molecule has 2 aromatic rings. The molecule has 2 rings (SSSR count). The highest BCUT2D eigenvalue weighted by atomic mass is 35.5. The molecule has 0 aliphatic carbocycles. The minimum absolute atomic E-state index is 0.174. The lowest BCUT2D eigenvalue weighted by molar-refractivity contribution is -0.116. The first-order valence-electron chi connectivity index (χ1n) is 7.97. The SMILES string of the molecule is COc1ccccc1N(CCCC(=O)Nc1ccc(Cl)cc1)S(C)(=O)=O. The van der Waals surface area contributed by atoms with Crippen LogP contribution in [0.3, 0.4) is 0 Å². The van der Waals surface area contributed by atoms with Crippen LogP contribution in [0.25, 0.3) is 0 Å². The summed E-state index contributed by atoms with van der Waals surface area (Å²) >= 11 is 5.81. The highest BCUT2D eigenvalue weighted by molar-refractivity contribution is 7.92. The van der Waals surface area contributed by atoms with E-state index in [-0.39, 0.29) is 18.9 Å². The van der Waals surface area contributed by atoms with Gasteiger partial charge in [-0.25, -0.2) is 8.42 Å². The second-order valence-electron chi connectivity index (χ2n) is 5.67. The van der Waals surface area contributed by atoms with Crippen LogP contribution >= 0.6 is 11.6 Å². The summed E-state index contributed by atoms with van der Waals surface area (Å²) in [4.78, 5) is 12.1. The van der Waals surface area contributed by atoms with Gasteiger partial charge in [-0.2, -0.15) is 0 Å². The number of anilines is 2. The summed E-state index contributed by atoms with van der Waals surface area (Å²) in [6, 6.07) is 13.7. The molecule has 26 heavy (non-hydrogen) atoms. The van der Waals surface area contributed by atoms with Crippen molar-refractivity contribution in [1.29, 1.82) is 0 Å². The van der Waals surface area contributed by atoms with Gasteiger partial charge in [-0.15, -0.1) is 0 Å². The summed E-state index contributed by atoms with van der Waals surface area (Å²) in [7, 11) is -2.02. The van der Waals surface area contributed by atoms with E-state index in [1.165, 1.54) is 11.4 Å². The number of rotatable bonds is 8. The molecule has 0 saturated carbocycles. The van der Waals surface area contributed by atoms with Crippen LogP contribution in [0.5, 0.6) is 5.75 Å². The Balaban J connectivity index is 2.00. The van der Waals surface area contributed by atoms with Crippen molar-refractivity contribution in [2.24, 2.45) is 0 Å². The number of amides is 1. The fraction of sp³-hybridized carbons (Fsp3) is 0.278. The molecule has 0 saturated heterocycles. The normalized spacial score (nSPS) is 11.0. The van der Waals surface area contributed by atoms with Gasteiger partial charge in [0.25, 0.3) is 0 Å². The van der Waals surface area contributed by atoms with E-state index in [0.717, 1.165) is 6.26 Å². The van der Waals surface area contributed by atoms with E-state index in [1.54, 1.807) is 48.5 Å². The summed E-state index contributed by atoms with van der Waals surface area (Å²) in [5, 5.41) is 3.34. The second kappa shape index (κ2) is 8.91. The van der Waals surface area contributed by atoms with Gasteiger partial charge in [0.15, 0.2) is 0 Å². The molecule has 140 valence electrons. The van der Waals surface area contributed by atoms with Crippen molar-refractivity contribution in [1.82, 2.24) is 0 Å². The average molecular weight is 397 g/mol. The van der Waals surface area contributed by atoms with Crippen molar-refractivity contribution in [2.75, 3.05) is 29.5 Å². The third-order valence-electron chi connectivity index (χ3n) is 3.65. The minimum atomic E-state index is -3.51. The van der Waals surface area contributed by atoms with E-state index < -0.39 is 10.0 Å². The monoisotopic (exact) mass is 396 g/mol. The highest BCUT2D eigenvalue weighted by Crippen LogP contribution is 2.29. The number of carbonyl (C=O) groups excluding carboxylic acids is 1. The van der Waals surface area contributed by atoms with Gasteiger partial charge in [0, 0.05) is 23.7 Å². The molecule has 0 aliphatic heterocycles. The van der Waals surface area contributed by atoms with Gasteiger partial charge in [0.05, 0.1) is 19.1 Å². The Morgan fingerprint density at radius 2 is 1.81 bits per heavy atom. The molecule has 0 aromatic heterocycles. The van der Waals surface area contributed by atoms with Crippen molar-refractivity contribution in [2.45, 2.75) is 12.8 Å². The average Bonchev–Trinajstić information content (AvgIpc) is 2.60. The lowest BCUT2D eigenvalue weighted by atomic mass is 10.2. The van der Waals surface area contributed by atoms with Gasteiger partial charge in [0.1, 0.15) is 5.75 Å². The number of halogens is 1. The molecule has 0 aliphatic rings. The molecule has 0 spiro atoms. The molecule has 0 heterocycles. The van der Waals surface area contributed by atoms with Crippen LogP contribution in [0.15, 0.2) is 48.5 Å². The number of hydrogen-bond acceptors (Lipinski definition) is 4. The van der Waals surface area contributed by atoms with Crippen molar-refractivity contribution in [3.8, 4) is 5.75 Å². The Morgan fingerprint density at radius 1 is 1.15 bits per heavy atom. The fourth-order valence-corrected chi connectivity index (χ4v) is 3.54. The van der Waals surface area contributed by atoms with Crippen LogP contribution in [-0.2, 0) is 14.8 Å². The summed E-state index contributed by atoms with van der Waals surface area (Å²) in [5.74, 6) is 0.268. The Morgan fingerprint density at radius 3 is 2.42 bits per heavy atom. The quantitative estimate of drug-likeness (QED) is 0.740. The number of nitrogens with one attached hydrogen (secondary N) is 1. The maximum absolute atomic E-state index is 12.2. The van der Waals surface area contributed by atoms with E-state index in [2.05, 4.69) is 5.32 Å². The molecule has 0 atom stereocenters. The van der Waals surface area contributed by atoms with E-state index in [9.17, 15) is 13.2 Å². The predicted octanol–water partition coefficient (Wildman–Crippen LogP) is 3.53.